The summed E-state index contributed by atoms with van der Waals surface area (Å²) in [6.45, 7) is 5.00. The topological polar surface area (TPSA) is 42.0 Å². The van der Waals surface area contributed by atoms with Crippen molar-refractivity contribution in [3.8, 4) is 11.5 Å². The monoisotopic (exact) mass is 538 g/mol. The van der Waals surface area contributed by atoms with Crippen molar-refractivity contribution in [2.75, 3.05) is 23.4 Å². The van der Waals surface area contributed by atoms with Crippen LogP contribution < -0.4 is 14.5 Å². The first-order valence-corrected chi connectivity index (χ1v) is 13.9. The predicted molar refractivity (Wildman–Crippen MR) is 163 cm³/mol. The smallest absolute Gasteiger partial charge is 0.340 e. The number of carbonyl (C=O) groups is 1. The summed E-state index contributed by atoms with van der Waals surface area (Å²) in [6.07, 6.45) is 0. The zero-order valence-electron chi connectivity index (χ0n) is 23.3. The number of hydrogen-bond acceptors (Lipinski definition) is 5. The molecule has 0 saturated carbocycles. The van der Waals surface area contributed by atoms with Crippen LogP contribution in [0.3, 0.4) is 0 Å². The lowest BCUT2D eigenvalue weighted by Crippen LogP contribution is -2.33. The maximum absolute atomic E-state index is 13.3. The third-order valence-corrected chi connectivity index (χ3v) is 8.16. The first-order valence-electron chi connectivity index (χ1n) is 13.9. The Labute approximate surface area is 240 Å². The number of hydrogen-bond donors (Lipinski definition) is 0. The lowest BCUT2D eigenvalue weighted by atomic mass is 9.77. The van der Waals surface area contributed by atoms with E-state index in [1.165, 1.54) is 5.56 Å². The molecule has 0 N–H and O–H groups in total. The average Bonchev–Trinajstić information content (AvgIpc) is 3.31. The number of fused-ring (bicyclic) bond motifs is 6. The summed E-state index contributed by atoms with van der Waals surface area (Å²) in [5, 5.41) is 0. The van der Waals surface area contributed by atoms with Crippen LogP contribution in [0.25, 0.3) is 0 Å². The molecule has 1 unspecified atom stereocenters. The van der Waals surface area contributed by atoms with E-state index in [2.05, 4.69) is 85.3 Å². The Balaban J connectivity index is 1.41. The Morgan fingerprint density at radius 1 is 0.683 bits per heavy atom. The van der Waals surface area contributed by atoms with Crippen LogP contribution >= 0.6 is 0 Å². The molecule has 41 heavy (non-hydrogen) atoms. The Morgan fingerprint density at radius 3 is 2.20 bits per heavy atom. The van der Waals surface area contributed by atoms with Crippen LogP contribution in [0.1, 0.15) is 39.5 Å². The van der Waals surface area contributed by atoms with E-state index >= 15 is 0 Å². The van der Waals surface area contributed by atoms with Crippen molar-refractivity contribution in [3.63, 3.8) is 0 Å². The van der Waals surface area contributed by atoms with E-state index in [1.807, 2.05) is 60.7 Å². The van der Waals surface area contributed by atoms with Crippen LogP contribution in [0.2, 0.25) is 0 Å². The number of nitrogens with zero attached hydrogens (tertiary/aromatic N) is 2. The number of aryl methyl sites for hydroxylation is 1. The quantitative estimate of drug-likeness (QED) is 0.210. The molecule has 202 valence electrons. The average molecular weight is 539 g/mol. The molecule has 5 heteroatoms. The third kappa shape index (κ3) is 3.80. The van der Waals surface area contributed by atoms with Crippen LogP contribution in [0.15, 0.2) is 115 Å². The highest BCUT2D eigenvalue weighted by atomic mass is 16.6. The van der Waals surface area contributed by atoms with Gasteiger partial charge in [-0.25, -0.2) is 4.79 Å². The maximum Gasteiger partial charge on any atom is 0.340 e. The molecule has 5 aromatic carbocycles. The van der Waals surface area contributed by atoms with E-state index in [-0.39, 0.29) is 5.97 Å². The van der Waals surface area contributed by atoms with Crippen molar-refractivity contribution >= 4 is 28.7 Å². The molecular weight excluding hydrogens is 508 g/mol. The standard InChI is InChI=1S/C36H30N2O3/c1-4-38(31-20-18-24(2)22-32(31)37(3)25-12-6-5-7-13-25)26-19-21-34-30(23-26)36(29-16-10-11-17-33(29)40-34)28-15-9-8-14-27(28)35(39)41-36/h5-23H,4H2,1-3H3. The van der Waals surface area contributed by atoms with Gasteiger partial charge in [0.25, 0.3) is 0 Å². The van der Waals surface area contributed by atoms with Gasteiger partial charge in [0.15, 0.2) is 5.60 Å². The Hall–Kier alpha value is -5.03. The molecule has 1 atom stereocenters. The molecule has 0 saturated heterocycles. The van der Waals surface area contributed by atoms with Gasteiger partial charge in [-0.1, -0.05) is 60.7 Å². The molecule has 1 spiro atoms. The fourth-order valence-electron chi connectivity index (χ4n) is 6.19. The minimum absolute atomic E-state index is 0.327. The van der Waals surface area contributed by atoms with Crippen molar-refractivity contribution < 1.29 is 14.3 Å². The Bertz CT molecular complexity index is 1800. The number of ether oxygens (including phenoxy) is 2. The van der Waals surface area contributed by atoms with Gasteiger partial charge in [-0.3, -0.25) is 0 Å². The van der Waals surface area contributed by atoms with Crippen LogP contribution in [0.5, 0.6) is 11.5 Å². The first-order chi connectivity index (χ1) is 20.0. The van der Waals surface area contributed by atoms with Gasteiger partial charge < -0.3 is 19.3 Å². The number of para-hydroxylation sites is 2. The van der Waals surface area contributed by atoms with Gasteiger partial charge >= 0.3 is 5.97 Å². The molecule has 5 aromatic rings. The molecule has 0 radical (unpaired) electrons. The highest BCUT2D eigenvalue weighted by Crippen LogP contribution is 2.56. The summed E-state index contributed by atoms with van der Waals surface area (Å²) in [5.41, 5.74) is 7.43. The van der Waals surface area contributed by atoms with Gasteiger partial charge in [0.2, 0.25) is 0 Å². The first kappa shape index (κ1) is 25.0. The van der Waals surface area contributed by atoms with Crippen molar-refractivity contribution in [2.45, 2.75) is 19.4 Å². The van der Waals surface area contributed by atoms with Crippen LogP contribution in [-0.2, 0) is 10.3 Å². The number of esters is 1. The van der Waals surface area contributed by atoms with Crippen molar-refractivity contribution in [3.05, 3.63) is 143 Å². The maximum atomic E-state index is 13.3. The highest BCUT2D eigenvalue weighted by Gasteiger charge is 2.53. The molecule has 2 aliphatic heterocycles. The van der Waals surface area contributed by atoms with Crippen molar-refractivity contribution in [1.82, 2.24) is 0 Å². The van der Waals surface area contributed by atoms with Gasteiger partial charge in [0, 0.05) is 41.7 Å². The van der Waals surface area contributed by atoms with Crippen molar-refractivity contribution in [1.29, 1.82) is 0 Å². The van der Waals surface area contributed by atoms with Gasteiger partial charge in [-0.15, -0.1) is 0 Å². The molecule has 7 rings (SSSR count). The summed E-state index contributed by atoms with van der Waals surface area (Å²) in [6, 6.07) is 38.6. The minimum Gasteiger partial charge on any atom is -0.456 e. The zero-order valence-corrected chi connectivity index (χ0v) is 23.3. The van der Waals surface area contributed by atoms with Crippen LogP contribution in [-0.4, -0.2) is 19.6 Å². The second-order valence-electron chi connectivity index (χ2n) is 10.5. The summed E-state index contributed by atoms with van der Waals surface area (Å²) in [5.74, 6) is 1.04. The molecular formula is C36H30N2O3. The molecule has 0 fully saturated rings. The van der Waals surface area contributed by atoms with Crippen LogP contribution in [0.4, 0.5) is 22.7 Å². The Morgan fingerprint density at radius 2 is 1.39 bits per heavy atom. The van der Waals surface area contributed by atoms with Crippen LogP contribution in [0, 0.1) is 6.92 Å². The molecule has 0 aromatic heterocycles. The fraction of sp³-hybridized carbons (Fsp3) is 0.139. The molecule has 2 aliphatic rings. The number of carbonyl (C=O) groups excluding carboxylic acids is 1. The highest BCUT2D eigenvalue weighted by molar-refractivity contribution is 5.97. The zero-order chi connectivity index (χ0) is 28.1. The Kier molecular flexibility index (Phi) is 5.82. The number of benzene rings is 5. The molecule has 5 nitrogen and oxygen atoms in total. The second-order valence-corrected chi connectivity index (χ2v) is 10.5. The molecule has 2 heterocycles. The van der Waals surface area contributed by atoms with E-state index in [1.54, 1.807) is 0 Å². The van der Waals surface area contributed by atoms with Gasteiger partial charge in [0.1, 0.15) is 11.5 Å². The van der Waals surface area contributed by atoms with E-state index in [4.69, 9.17) is 9.47 Å². The van der Waals surface area contributed by atoms with E-state index in [0.717, 1.165) is 46.0 Å². The van der Waals surface area contributed by atoms with Gasteiger partial charge in [-0.05, 0) is 74.0 Å². The molecule has 0 bridgehead atoms. The summed E-state index contributed by atoms with van der Waals surface area (Å²) in [4.78, 5) is 17.8. The number of rotatable bonds is 5. The minimum atomic E-state index is -1.09. The lowest BCUT2D eigenvalue weighted by Gasteiger charge is -2.37. The summed E-state index contributed by atoms with van der Waals surface area (Å²) in [7, 11) is 2.10. The fourth-order valence-corrected chi connectivity index (χ4v) is 6.19. The largest absolute Gasteiger partial charge is 0.456 e. The normalized spacial score (nSPS) is 16.3. The predicted octanol–water partition coefficient (Wildman–Crippen LogP) is 8.49. The van der Waals surface area contributed by atoms with E-state index in [9.17, 15) is 4.79 Å². The summed E-state index contributed by atoms with van der Waals surface area (Å²) >= 11 is 0. The van der Waals surface area contributed by atoms with E-state index in [0.29, 0.717) is 17.1 Å². The van der Waals surface area contributed by atoms with Gasteiger partial charge in [-0.2, -0.15) is 0 Å². The second kappa shape index (κ2) is 9.56. The third-order valence-electron chi connectivity index (χ3n) is 8.16. The summed E-state index contributed by atoms with van der Waals surface area (Å²) < 4.78 is 12.8. The molecule has 0 aliphatic carbocycles. The van der Waals surface area contributed by atoms with Gasteiger partial charge in [0.05, 0.1) is 16.9 Å². The SMILES string of the molecule is CCN(c1ccc2c(c1)C1(OC(=O)c3ccccc31)c1ccccc1O2)c1ccc(C)cc1N(C)c1ccccc1. The lowest BCUT2D eigenvalue weighted by molar-refractivity contribution is 0.0224. The van der Waals surface area contributed by atoms with Crippen molar-refractivity contribution in [2.24, 2.45) is 0 Å². The number of anilines is 4. The van der Waals surface area contributed by atoms with E-state index < -0.39 is 5.60 Å². The molecule has 0 amide bonds.